The van der Waals surface area contributed by atoms with Crippen molar-refractivity contribution in [1.29, 1.82) is 0 Å². The zero-order valence-electron chi connectivity index (χ0n) is 6.01. The van der Waals surface area contributed by atoms with E-state index in [2.05, 4.69) is 4.72 Å². The third-order valence-electron chi connectivity index (χ3n) is 1.84. The summed E-state index contributed by atoms with van der Waals surface area (Å²) in [6.45, 7) is 0. The average molecular weight is 159 g/mol. The van der Waals surface area contributed by atoms with Crippen LogP contribution in [0.15, 0.2) is 0 Å². The normalized spacial score (nSPS) is 20.4. The molecule has 2 nitrogen and oxygen atoms in total. The molecule has 1 amide bonds. The van der Waals surface area contributed by atoms with Gasteiger partial charge in [-0.15, -0.1) is 0 Å². The van der Waals surface area contributed by atoms with Crippen LogP contribution in [0.25, 0.3) is 0 Å². The van der Waals surface area contributed by atoms with E-state index < -0.39 is 0 Å². The molecule has 0 aromatic heterocycles. The Balaban J connectivity index is 2.07. The van der Waals surface area contributed by atoms with Crippen LogP contribution in [-0.2, 0) is 4.79 Å². The molecule has 1 saturated carbocycles. The molecule has 1 aliphatic rings. The summed E-state index contributed by atoms with van der Waals surface area (Å²) in [6.07, 6.45) is 7.34. The lowest BCUT2D eigenvalue weighted by Gasteiger charge is -2.19. The largest absolute Gasteiger partial charge is 0.303 e. The number of carbonyl (C=O) groups is 1. The first-order valence-corrected chi connectivity index (χ1v) is 4.66. The molecular formula is C7H13NOS. The summed E-state index contributed by atoms with van der Waals surface area (Å²) in [7, 11) is 0. The molecule has 1 aliphatic carbocycles. The Morgan fingerprint density at radius 1 is 1.30 bits per heavy atom. The van der Waals surface area contributed by atoms with Gasteiger partial charge in [-0.1, -0.05) is 19.3 Å². The van der Waals surface area contributed by atoms with Crippen molar-refractivity contribution in [2.75, 3.05) is 0 Å². The fourth-order valence-corrected chi connectivity index (χ4v) is 2.12. The standard InChI is InChI=1S/C7H13NOS/c9-6-8-10-7-4-2-1-3-5-7/h6-7H,1-5H2,(H,8,9). The Labute approximate surface area is 65.9 Å². The maximum absolute atomic E-state index is 9.92. The van der Waals surface area contributed by atoms with Crippen molar-refractivity contribution in [3.05, 3.63) is 0 Å². The molecule has 0 atom stereocenters. The molecule has 0 aromatic rings. The molecule has 0 radical (unpaired) electrons. The van der Waals surface area contributed by atoms with Gasteiger partial charge in [0.1, 0.15) is 0 Å². The quantitative estimate of drug-likeness (QED) is 0.502. The van der Waals surface area contributed by atoms with E-state index >= 15 is 0 Å². The molecule has 0 aliphatic heterocycles. The van der Waals surface area contributed by atoms with Gasteiger partial charge in [-0.05, 0) is 24.8 Å². The van der Waals surface area contributed by atoms with Crippen molar-refractivity contribution in [2.45, 2.75) is 37.4 Å². The monoisotopic (exact) mass is 159 g/mol. The summed E-state index contributed by atoms with van der Waals surface area (Å²) < 4.78 is 2.65. The van der Waals surface area contributed by atoms with Gasteiger partial charge in [0.15, 0.2) is 0 Å². The van der Waals surface area contributed by atoms with E-state index in [1.54, 1.807) is 11.9 Å². The first-order chi connectivity index (χ1) is 4.93. The van der Waals surface area contributed by atoms with Crippen LogP contribution in [0, 0.1) is 0 Å². The SMILES string of the molecule is O=CNSC1CCCCC1. The lowest BCUT2D eigenvalue weighted by atomic mass is 10.0. The van der Waals surface area contributed by atoms with E-state index in [1.807, 2.05) is 0 Å². The summed E-state index contributed by atoms with van der Waals surface area (Å²) in [5, 5.41) is 0.680. The lowest BCUT2D eigenvalue weighted by molar-refractivity contribution is -0.107. The van der Waals surface area contributed by atoms with Gasteiger partial charge in [-0.3, -0.25) is 4.79 Å². The van der Waals surface area contributed by atoms with Crippen LogP contribution in [0.2, 0.25) is 0 Å². The number of hydrogen-bond donors (Lipinski definition) is 1. The molecule has 58 valence electrons. The number of hydrogen-bond acceptors (Lipinski definition) is 2. The van der Waals surface area contributed by atoms with Crippen LogP contribution >= 0.6 is 11.9 Å². The van der Waals surface area contributed by atoms with Crippen LogP contribution in [0.5, 0.6) is 0 Å². The fourth-order valence-electron chi connectivity index (χ4n) is 1.31. The molecule has 1 rings (SSSR count). The van der Waals surface area contributed by atoms with Crippen LogP contribution in [0.4, 0.5) is 0 Å². The molecule has 1 fully saturated rings. The maximum atomic E-state index is 9.92. The van der Waals surface area contributed by atoms with Gasteiger partial charge < -0.3 is 4.72 Å². The highest BCUT2D eigenvalue weighted by molar-refractivity contribution is 7.98. The Morgan fingerprint density at radius 2 is 2.00 bits per heavy atom. The van der Waals surface area contributed by atoms with Crippen molar-refractivity contribution < 1.29 is 4.79 Å². The van der Waals surface area contributed by atoms with E-state index in [9.17, 15) is 4.79 Å². The Kier molecular flexibility index (Phi) is 3.65. The van der Waals surface area contributed by atoms with Gasteiger partial charge in [0, 0.05) is 5.25 Å². The van der Waals surface area contributed by atoms with Gasteiger partial charge >= 0.3 is 0 Å². The van der Waals surface area contributed by atoms with Crippen molar-refractivity contribution in [1.82, 2.24) is 4.72 Å². The third-order valence-corrected chi connectivity index (χ3v) is 2.87. The Hall–Kier alpha value is -0.180. The Morgan fingerprint density at radius 3 is 2.60 bits per heavy atom. The molecule has 3 heteroatoms. The fraction of sp³-hybridized carbons (Fsp3) is 0.857. The van der Waals surface area contributed by atoms with Crippen molar-refractivity contribution in [3.8, 4) is 0 Å². The van der Waals surface area contributed by atoms with Gasteiger partial charge in [0.25, 0.3) is 0 Å². The predicted octanol–water partition coefficient (Wildman–Crippen LogP) is 1.71. The number of amides is 1. The predicted molar refractivity (Wildman–Crippen MR) is 43.7 cm³/mol. The van der Waals surface area contributed by atoms with E-state index in [0.717, 1.165) is 6.41 Å². The minimum Gasteiger partial charge on any atom is -0.303 e. The van der Waals surface area contributed by atoms with E-state index in [0.29, 0.717) is 5.25 Å². The smallest absolute Gasteiger partial charge is 0.216 e. The lowest BCUT2D eigenvalue weighted by Crippen LogP contribution is -2.13. The highest BCUT2D eigenvalue weighted by atomic mass is 32.2. The number of rotatable bonds is 3. The summed E-state index contributed by atoms with van der Waals surface area (Å²) in [5.41, 5.74) is 0. The molecule has 0 heterocycles. The summed E-state index contributed by atoms with van der Waals surface area (Å²) in [4.78, 5) is 9.92. The molecule has 0 aromatic carbocycles. The summed E-state index contributed by atoms with van der Waals surface area (Å²) in [5.74, 6) is 0. The minimum atomic E-state index is 0.680. The zero-order valence-corrected chi connectivity index (χ0v) is 6.82. The maximum Gasteiger partial charge on any atom is 0.216 e. The van der Waals surface area contributed by atoms with Crippen molar-refractivity contribution in [3.63, 3.8) is 0 Å². The molecular weight excluding hydrogens is 146 g/mol. The van der Waals surface area contributed by atoms with Crippen molar-refractivity contribution >= 4 is 18.4 Å². The van der Waals surface area contributed by atoms with Gasteiger partial charge in [-0.2, -0.15) is 0 Å². The van der Waals surface area contributed by atoms with Crippen molar-refractivity contribution in [2.24, 2.45) is 0 Å². The molecule has 0 saturated heterocycles. The van der Waals surface area contributed by atoms with E-state index in [1.165, 1.54) is 32.1 Å². The first-order valence-electron chi connectivity index (χ1n) is 3.78. The zero-order chi connectivity index (χ0) is 7.23. The molecule has 0 unspecified atom stereocenters. The summed E-state index contributed by atoms with van der Waals surface area (Å²) >= 11 is 1.58. The summed E-state index contributed by atoms with van der Waals surface area (Å²) in [6, 6.07) is 0. The Bertz CT molecular complexity index is 102. The average Bonchev–Trinajstić information content (AvgIpc) is 2.03. The minimum absolute atomic E-state index is 0.680. The second kappa shape index (κ2) is 4.61. The third kappa shape index (κ3) is 2.60. The highest BCUT2D eigenvalue weighted by Gasteiger charge is 2.12. The molecule has 0 spiro atoms. The van der Waals surface area contributed by atoms with Crippen LogP contribution in [0.1, 0.15) is 32.1 Å². The second-order valence-corrected chi connectivity index (χ2v) is 3.75. The topological polar surface area (TPSA) is 29.1 Å². The number of nitrogens with one attached hydrogen (secondary N) is 1. The second-order valence-electron chi connectivity index (χ2n) is 2.61. The molecule has 10 heavy (non-hydrogen) atoms. The first kappa shape index (κ1) is 7.92. The van der Waals surface area contributed by atoms with E-state index in [-0.39, 0.29) is 0 Å². The van der Waals surface area contributed by atoms with Crippen LogP contribution in [0.3, 0.4) is 0 Å². The molecule has 0 bridgehead atoms. The molecule has 1 N–H and O–H groups in total. The number of carbonyl (C=O) groups excluding carboxylic acids is 1. The van der Waals surface area contributed by atoms with Gasteiger partial charge in [-0.25, -0.2) is 0 Å². The highest BCUT2D eigenvalue weighted by Crippen LogP contribution is 2.25. The van der Waals surface area contributed by atoms with E-state index in [4.69, 9.17) is 0 Å². The van der Waals surface area contributed by atoms with Crippen LogP contribution < -0.4 is 4.72 Å². The van der Waals surface area contributed by atoms with Gasteiger partial charge in [0.2, 0.25) is 6.41 Å². The van der Waals surface area contributed by atoms with Gasteiger partial charge in [0.05, 0.1) is 0 Å². The van der Waals surface area contributed by atoms with Crippen LogP contribution in [-0.4, -0.2) is 11.7 Å².